The first-order chi connectivity index (χ1) is 12.9. The van der Waals surface area contributed by atoms with Crippen molar-refractivity contribution in [2.24, 2.45) is 7.05 Å². The number of carbonyl (C=O) groups is 1. The first kappa shape index (κ1) is 19.8. The number of nitrogens with zero attached hydrogens (tertiary/aromatic N) is 3. The second-order valence-corrected chi connectivity index (χ2v) is 9.53. The topological polar surface area (TPSA) is 93.5 Å². The number of sulfonamides is 1. The summed E-state index contributed by atoms with van der Waals surface area (Å²) in [6.07, 6.45) is 4.82. The average molecular weight is 413 g/mol. The van der Waals surface area contributed by atoms with Gasteiger partial charge in [0.05, 0.1) is 7.11 Å². The van der Waals surface area contributed by atoms with Crippen molar-refractivity contribution in [1.82, 2.24) is 19.4 Å². The molecule has 8 nitrogen and oxygen atoms in total. The lowest BCUT2D eigenvalue weighted by Crippen LogP contribution is -2.44. The number of piperidine rings is 1. The van der Waals surface area contributed by atoms with Crippen molar-refractivity contribution in [1.29, 1.82) is 0 Å². The number of nitrogens with one attached hydrogen (secondary N) is 1. The van der Waals surface area contributed by atoms with E-state index in [4.69, 9.17) is 4.74 Å². The second-order valence-electron chi connectivity index (χ2n) is 6.47. The molecule has 3 rings (SSSR count). The predicted octanol–water partition coefficient (Wildman–Crippen LogP) is 1.85. The van der Waals surface area contributed by atoms with Crippen LogP contribution in [0.15, 0.2) is 27.9 Å². The molecule has 1 saturated heterocycles. The molecule has 0 bridgehead atoms. The van der Waals surface area contributed by atoms with E-state index in [1.807, 2.05) is 0 Å². The van der Waals surface area contributed by atoms with Crippen molar-refractivity contribution in [3.05, 3.63) is 29.3 Å². The van der Waals surface area contributed by atoms with Crippen LogP contribution in [0.3, 0.4) is 0 Å². The fourth-order valence-corrected chi connectivity index (χ4v) is 6.17. The Morgan fingerprint density at radius 1 is 1.44 bits per heavy atom. The summed E-state index contributed by atoms with van der Waals surface area (Å²) in [5, 5.41) is 8.69. The Balaban J connectivity index is 1.63. The molecule has 2 aromatic heterocycles. The van der Waals surface area contributed by atoms with Crippen LogP contribution >= 0.6 is 11.3 Å². The minimum atomic E-state index is -3.47. The van der Waals surface area contributed by atoms with E-state index >= 15 is 0 Å². The Morgan fingerprint density at radius 2 is 2.26 bits per heavy atom. The van der Waals surface area contributed by atoms with Crippen LogP contribution in [0.2, 0.25) is 0 Å². The van der Waals surface area contributed by atoms with E-state index in [0.717, 1.165) is 19.3 Å². The van der Waals surface area contributed by atoms with E-state index in [0.29, 0.717) is 29.3 Å². The van der Waals surface area contributed by atoms with Gasteiger partial charge in [-0.15, -0.1) is 16.4 Å². The number of thiophene rings is 1. The quantitative estimate of drug-likeness (QED) is 0.749. The minimum absolute atomic E-state index is 0.109. The third kappa shape index (κ3) is 4.33. The normalized spacial score (nSPS) is 18.4. The summed E-state index contributed by atoms with van der Waals surface area (Å²) >= 11 is 1.24. The van der Waals surface area contributed by atoms with Crippen LogP contribution in [0.1, 0.15) is 36.0 Å². The van der Waals surface area contributed by atoms with Crippen molar-refractivity contribution < 1.29 is 17.9 Å². The zero-order valence-electron chi connectivity index (χ0n) is 15.4. The third-order valence-corrected chi connectivity index (χ3v) is 7.95. The number of hydrogen-bond acceptors (Lipinski definition) is 6. The van der Waals surface area contributed by atoms with E-state index in [2.05, 4.69) is 10.4 Å². The smallest absolute Gasteiger partial charge is 0.258 e. The second kappa shape index (κ2) is 8.41. The number of aryl methyl sites for hydroxylation is 1. The number of aromatic nitrogens is 2. The molecular formula is C17H24N4O4S2. The lowest BCUT2D eigenvalue weighted by Gasteiger charge is -2.34. The van der Waals surface area contributed by atoms with Gasteiger partial charge < -0.3 is 10.1 Å². The summed E-state index contributed by atoms with van der Waals surface area (Å²) < 4.78 is 34.4. The van der Waals surface area contributed by atoms with Gasteiger partial charge in [-0.05, 0) is 30.7 Å². The molecule has 148 valence electrons. The number of ether oxygens (including phenoxy) is 1. The largest absolute Gasteiger partial charge is 0.479 e. The van der Waals surface area contributed by atoms with E-state index in [9.17, 15) is 13.2 Å². The van der Waals surface area contributed by atoms with E-state index in [1.165, 1.54) is 23.1 Å². The van der Waals surface area contributed by atoms with Gasteiger partial charge in [0.25, 0.3) is 15.9 Å². The van der Waals surface area contributed by atoms with Crippen LogP contribution < -0.4 is 10.1 Å². The molecule has 0 aliphatic carbocycles. The molecular weight excluding hydrogens is 388 g/mol. The summed E-state index contributed by atoms with van der Waals surface area (Å²) in [6.45, 7) is 0.910. The lowest BCUT2D eigenvalue weighted by molar-refractivity contribution is 0.0946. The summed E-state index contributed by atoms with van der Waals surface area (Å²) in [6, 6.07) is 3.28. The van der Waals surface area contributed by atoms with Crippen LogP contribution in [0.5, 0.6) is 5.88 Å². The maximum absolute atomic E-state index is 12.9. The van der Waals surface area contributed by atoms with Gasteiger partial charge in [0.15, 0.2) is 0 Å². The fourth-order valence-electron chi connectivity index (χ4n) is 3.33. The standard InChI is InChI=1S/C17H24N4O4S2/c1-20-12-14(17(19-20)25-2)16(22)18-9-8-13-6-3-4-10-21(13)27(23,24)15-7-5-11-26-15/h5,7,11-13H,3-4,6,8-10H2,1-2H3,(H,18,22)/t13-/m1/s1. The molecule has 1 amide bonds. The lowest BCUT2D eigenvalue weighted by atomic mass is 10.0. The van der Waals surface area contributed by atoms with Crippen molar-refractivity contribution in [3.63, 3.8) is 0 Å². The molecule has 0 spiro atoms. The molecule has 1 aliphatic heterocycles. The van der Waals surface area contributed by atoms with Gasteiger partial charge in [-0.3, -0.25) is 9.48 Å². The van der Waals surface area contributed by atoms with Crippen LogP contribution in [0.25, 0.3) is 0 Å². The molecule has 0 saturated carbocycles. The Bertz CT molecular complexity index is 877. The fraction of sp³-hybridized carbons (Fsp3) is 0.529. The van der Waals surface area contributed by atoms with E-state index < -0.39 is 10.0 Å². The molecule has 27 heavy (non-hydrogen) atoms. The molecule has 0 radical (unpaired) electrons. The van der Waals surface area contributed by atoms with Crippen LogP contribution in [0, 0.1) is 0 Å². The monoisotopic (exact) mass is 412 g/mol. The third-order valence-electron chi connectivity index (χ3n) is 4.63. The first-order valence-electron chi connectivity index (χ1n) is 8.84. The van der Waals surface area contributed by atoms with Crippen molar-refractivity contribution in [3.8, 4) is 5.88 Å². The number of amides is 1. The molecule has 0 unspecified atom stereocenters. The van der Waals surface area contributed by atoms with Crippen molar-refractivity contribution in [2.75, 3.05) is 20.2 Å². The van der Waals surface area contributed by atoms with Gasteiger partial charge >= 0.3 is 0 Å². The Kier molecular flexibility index (Phi) is 6.18. The molecule has 1 atom stereocenters. The number of rotatable bonds is 7. The zero-order chi connectivity index (χ0) is 19.4. The molecule has 1 aliphatic rings. The summed E-state index contributed by atoms with van der Waals surface area (Å²) in [5.41, 5.74) is 0.367. The zero-order valence-corrected chi connectivity index (χ0v) is 17.1. The molecule has 0 aromatic carbocycles. The van der Waals surface area contributed by atoms with Gasteiger partial charge in [0, 0.05) is 32.4 Å². The van der Waals surface area contributed by atoms with Crippen LogP contribution in [0.4, 0.5) is 0 Å². The van der Waals surface area contributed by atoms with Gasteiger partial charge in [-0.1, -0.05) is 12.5 Å². The highest BCUT2D eigenvalue weighted by molar-refractivity contribution is 7.91. The SMILES string of the molecule is COc1nn(C)cc1C(=O)NCC[C@H]1CCCCN1S(=O)(=O)c1cccs1. The summed E-state index contributed by atoms with van der Waals surface area (Å²) in [7, 11) is -0.289. The first-order valence-corrected chi connectivity index (χ1v) is 11.2. The number of hydrogen-bond donors (Lipinski definition) is 1. The van der Waals surface area contributed by atoms with Crippen LogP contribution in [-0.2, 0) is 17.1 Å². The van der Waals surface area contributed by atoms with E-state index in [1.54, 1.807) is 35.1 Å². The molecule has 10 heteroatoms. The van der Waals surface area contributed by atoms with Crippen molar-refractivity contribution in [2.45, 2.75) is 35.9 Å². The summed E-state index contributed by atoms with van der Waals surface area (Å²) in [5.74, 6) is -0.00186. The highest BCUT2D eigenvalue weighted by Gasteiger charge is 2.33. The van der Waals surface area contributed by atoms with Crippen LogP contribution in [-0.4, -0.2) is 54.7 Å². The maximum Gasteiger partial charge on any atom is 0.258 e. The highest BCUT2D eigenvalue weighted by Crippen LogP contribution is 2.29. The Labute approximate surface area is 163 Å². The highest BCUT2D eigenvalue weighted by atomic mass is 32.2. The maximum atomic E-state index is 12.9. The van der Waals surface area contributed by atoms with Gasteiger partial charge in [0.1, 0.15) is 9.77 Å². The van der Waals surface area contributed by atoms with Gasteiger partial charge in [-0.2, -0.15) is 4.31 Å². The Morgan fingerprint density at radius 3 is 2.96 bits per heavy atom. The van der Waals surface area contributed by atoms with E-state index in [-0.39, 0.29) is 17.8 Å². The predicted molar refractivity (Wildman–Crippen MR) is 103 cm³/mol. The molecule has 1 fully saturated rings. The summed E-state index contributed by atoms with van der Waals surface area (Å²) in [4.78, 5) is 12.4. The Hall–Kier alpha value is -1.91. The number of carbonyl (C=O) groups excluding carboxylic acids is 1. The molecule has 3 heterocycles. The molecule has 1 N–H and O–H groups in total. The van der Waals surface area contributed by atoms with Gasteiger partial charge in [0.2, 0.25) is 5.88 Å². The van der Waals surface area contributed by atoms with Gasteiger partial charge in [-0.25, -0.2) is 8.42 Å². The number of methoxy groups -OCH3 is 1. The minimum Gasteiger partial charge on any atom is -0.479 e. The average Bonchev–Trinajstić information content (AvgIpc) is 3.31. The van der Waals surface area contributed by atoms with Crippen molar-refractivity contribution >= 4 is 27.3 Å². The molecule has 2 aromatic rings.